The highest BCUT2D eigenvalue weighted by molar-refractivity contribution is 5.93. The van der Waals surface area contributed by atoms with E-state index in [1.165, 1.54) is 30.5 Å². The molecule has 0 unspecified atom stereocenters. The van der Waals surface area contributed by atoms with Crippen LogP contribution in [-0.4, -0.2) is 38.2 Å². The van der Waals surface area contributed by atoms with Crippen LogP contribution >= 0.6 is 0 Å². The lowest BCUT2D eigenvalue weighted by Crippen LogP contribution is -2.28. The molecule has 1 aliphatic heterocycles. The Morgan fingerprint density at radius 1 is 1.18 bits per heavy atom. The molecule has 0 spiro atoms. The number of H-pyrrole nitrogens is 2. The molecule has 0 aliphatic carbocycles. The highest BCUT2D eigenvalue weighted by Crippen LogP contribution is 2.33. The van der Waals surface area contributed by atoms with Crippen molar-refractivity contribution in [2.24, 2.45) is 0 Å². The van der Waals surface area contributed by atoms with E-state index in [4.69, 9.17) is 4.98 Å². The van der Waals surface area contributed by atoms with E-state index in [1.807, 2.05) is 19.2 Å². The van der Waals surface area contributed by atoms with Crippen molar-refractivity contribution < 1.29 is 0 Å². The van der Waals surface area contributed by atoms with Crippen LogP contribution in [-0.2, 0) is 0 Å². The average molecular weight is 523 g/mol. The first-order chi connectivity index (χ1) is 19.0. The number of likely N-dealkylation sites (tertiary alicyclic amines) is 1. The average Bonchev–Trinajstić information content (AvgIpc) is 3.55. The lowest BCUT2D eigenvalue weighted by Gasteiger charge is -2.31. The fraction of sp³-hybridized carbons (Fsp3) is 0.333. The number of nitrogens with one attached hydrogen (secondary N) is 3. The zero-order chi connectivity index (χ0) is 27.8. The quantitative estimate of drug-likeness (QED) is 0.223. The van der Waals surface area contributed by atoms with Crippen LogP contribution in [0.15, 0.2) is 79.3 Å². The lowest BCUT2D eigenvalue weighted by molar-refractivity contribution is 0.326. The van der Waals surface area contributed by atoms with Gasteiger partial charge in [0, 0.05) is 58.6 Å². The van der Waals surface area contributed by atoms with Crippen molar-refractivity contribution >= 4 is 22.3 Å². The van der Waals surface area contributed by atoms with E-state index in [9.17, 15) is 0 Å². The Kier molecular flexibility index (Phi) is 9.42. The fourth-order valence-electron chi connectivity index (χ4n) is 5.12. The standard InChI is InChI=1S/C33H42N6/c1-7-11-16-31(39-17-13-12-14-18-39)28-21-30(36-24(28)6)32-29-20-26(22-34-33(29)38-37-32)25(9-3)19-27(10-4)35-23(5)15-8-2/h7,9-11,16,19-22,35-36H,4-5,8,12-15,17-18H2,1-3,6H3,(H,34,37,38)/b11-7-,25-9+,27-19+,31-16+. The van der Waals surface area contributed by atoms with Crippen LogP contribution in [0, 0.1) is 6.92 Å². The predicted molar refractivity (Wildman–Crippen MR) is 166 cm³/mol. The van der Waals surface area contributed by atoms with E-state index < -0.39 is 0 Å². The van der Waals surface area contributed by atoms with Gasteiger partial charge in [-0.1, -0.05) is 44.7 Å². The minimum absolute atomic E-state index is 0.765. The molecule has 39 heavy (non-hydrogen) atoms. The van der Waals surface area contributed by atoms with Gasteiger partial charge in [-0.25, -0.2) is 4.98 Å². The second-order valence-corrected chi connectivity index (χ2v) is 10.1. The third-order valence-corrected chi connectivity index (χ3v) is 7.15. The monoisotopic (exact) mass is 522 g/mol. The van der Waals surface area contributed by atoms with Gasteiger partial charge in [0.2, 0.25) is 0 Å². The first-order valence-electron chi connectivity index (χ1n) is 14.1. The molecule has 3 aromatic heterocycles. The van der Waals surface area contributed by atoms with Crippen molar-refractivity contribution in [1.82, 2.24) is 30.4 Å². The molecule has 4 rings (SSSR count). The molecule has 0 saturated carbocycles. The molecule has 6 heteroatoms. The van der Waals surface area contributed by atoms with Crippen molar-refractivity contribution in [3.05, 3.63) is 96.2 Å². The predicted octanol–water partition coefficient (Wildman–Crippen LogP) is 8.04. The number of aromatic nitrogens is 4. The van der Waals surface area contributed by atoms with E-state index in [-0.39, 0.29) is 0 Å². The van der Waals surface area contributed by atoms with Gasteiger partial charge in [-0.2, -0.15) is 5.10 Å². The van der Waals surface area contributed by atoms with Crippen molar-refractivity contribution in [2.45, 2.75) is 59.8 Å². The van der Waals surface area contributed by atoms with Crippen molar-refractivity contribution in [2.75, 3.05) is 13.1 Å². The zero-order valence-corrected chi connectivity index (χ0v) is 23.9. The van der Waals surface area contributed by atoms with E-state index in [1.54, 1.807) is 0 Å². The minimum atomic E-state index is 0.765. The van der Waals surface area contributed by atoms with Crippen LogP contribution in [0.25, 0.3) is 33.7 Å². The summed E-state index contributed by atoms with van der Waals surface area (Å²) in [5.41, 5.74) is 10.2. The maximum absolute atomic E-state index is 4.70. The van der Waals surface area contributed by atoms with Gasteiger partial charge in [0.15, 0.2) is 5.65 Å². The second kappa shape index (κ2) is 13.1. The summed E-state index contributed by atoms with van der Waals surface area (Å²) in [6.45, 7) is 18.7. The molecule has 0 amide bonds. The zero-order valence-electron chi connectivity index (χ0n) is 23.9. The van der Waals surface area contributed by atoms with Gasteiger partial charge in [-0.3, -0.25) is 5.10 Å². The van der Waals surface area contributed by atoms with E-state index >= 15 is 0 Å². The number of piperidine rings is 1. The molecule has 204 valence electrons. The third-order valence-electron chi connectivity index (χ3n) is 7.15. The molecular formula is C33H42N6. The van der Waals surface area contributed by atoms with Gasteiger partial charge in [0.05, 0.1) is 5.69 Å². The largest absolute Gasteiger partial charge is 0.371 e. The first kappa shape index (κ1) is 28.0. The van der Waals surface area contributed by atoms with Crippen LogP contribution in [0.1, 0.15) is 69.7 Å². The summed E-state index contributed by atoms with van der Waals surface area (Å²) in [6, 6.07) is 4.39. The second-order valence-electron chi connectivity index (χ2n) is 10.1. The van der Waals surface area contributed by atoms with Crippen LogP contribution in [0.3, 0.4) is 0 Å². The summed E-state index contributed by atoms with van der Waals surface area (Å²) in [4.78, 5) is 10.8. The fourth-order valence-corrected chi connectivity index (χ4v) is 5.12. The number of aromatic amines is 2. The highest BCUT2D eigenvalue weighted by Gasteiger charge is 2.20. The number of pyridine rings is 1. The Morgan fingerprint density at radius 3 is 2.67 bits per heavy atom. The smallest absolute Gasteiger partial charge is 0.155 e. The molecule has 1 saturated heterocycles. The summed E-state index contributed by atoms with van der Waals surface area (Å²) in [6.07, 6.45) is 20.1. The summed E-state index contributed by atoms with van der Waals surface area (Å²) in [5, 5.41) is 12.2. The topological polar surface area (TPSA) is 72.6 Å². The summed E-state index contributed by atoms with van der Waals surface area (Å²) in [5.74, 6) is 0. The molecule has 0 radical (unpaired) electrons. The van der Waals surface area contributed by atoms with Crippen molar-refractivity contribution in [1.29, 1.82) is 0 Å². The van der Waals surface area contributed by atoms with Crippen molar-refractivity contribution in [3.63, 3.8) is 0 Å². The molecule has 0 atom stereocenters. The number of aryl methyl sites for hydroxylation is 1. The number of nitrogens with zero attached hydrogens (tertiary/aromatic N) is 3. The number of hydrogen-bond donors (Lipinski definition) is 3. The lowest BCUT2D eigenvalue weighted by atomic mass is 10.0. The maximum Gasteiger partial charge on any atom is 0.155 e. The van der Waals surface area contributed by atoms with E-state index in [0.29, 0.717) is 0 Å². The Morgan fingerprint density at radius 2 is 1.97 bits per heavy atom. The van der Waals surface area contributed by atoms with Gasteiger partial charge >= 0.3 is 0 Å². The van der Waals surface area contributed by atoms with E-state index in [0.717, 1.165) is 76.6 Å². The minimum Gasteiger partial charge on any atom is -0.371 e. The molecule has 4 heterocycles. The van der Waals surface area contributed by atoms with Gasteiger partial charge in [0.1, 0.15) is 5.69 Å². The van der Waals surface area contributed by atoms with Crippen LogP contribution in [0.5, 0.6) is 0 Å². The molecule has 6 nitrogen and oxygen atoms in total. The Bertz CT molecular complexity index is 1440. The number of allylic oxidation sites excluding steroid dienone is 8. The van der Waals surface area contributed by atoms with Gasteiger partial charge < -0.3 is 15.2 Å². The summed E-state index contributed by atoms with van der Waals surface area (Å²) < 4.78 is 0. The molecule has 0 bridgehead atoms. The number of rotatable bonds is 11. The Labute approximate surface area is 233 Å². The molecule has 1 fully saturated rings. The van der Waals surface area contributed by atoms with Gasteiger partial charge in [-0.05, 0) is 82.4 Å². The molecule has 1 aliphatic rings. The number of hydrogen-bond acceptors (Lipinski definition) is 4. The van der Waals surface area contributed by atoms with Gasteiger partial charge in [0.25, 0.3) is 0 Å². The molecule has 3 N–H and O–H groups in total. The van der Waals surface area contributed by atoms with Crippen molar-refractivity contribution in [3.8, 4) is 11.4 Å². The Hall–Kier alpha value is -4.06. The Balaban J connectivity index is 1.70. The first-order valence-corrected chi connectivity index (χ1v) is 14.1. The summed E-state index contributed by atoms with van der Waals surface area (Å²) in [7, 11) is 0. The highest BCUT2D eigenvalue weighted by atomic mass is 15.2. The molecular weight excluding hydrogens is 480 g/mol. The molecule has 3 aromatic rings. The van der Waals surface area contributed by atoms with Crippen LogP contribution < -0.4 is 5.32 Å². The maximum atomic E-state index is 4.70. The third kappa shape index (κ3) is 6.51. The van der Waals surface area contributed by atoms with E-state index in [2.05, 4.69) is 102 Å². The van der Waals surface area contributed by atoms with Crippen LogP contribution in [0.4, 0.5) is 0 Å². The number of fused-ring (bicyclic) bond motifs is 1. The normalized spacial score (nSPS) is 15.4. The SMILES string of the molecule is C=C/C(=C\C(=C/C)c1cnc2[nH]nc(-c3cc(/C(=C\C=C/C)N4CCCCC4)c(C)[nH]3)c2c1)NC(=C)CCC. The molecule has 0 aromatic carbocycles. The summed E-state index contributed by atoms with van der Waals surface area (Å²) >= 11 is 0. The van der Waals surface area contributed by atoms with Crippen LogP contribution in [0.2, 0.25) is 0 Å². The van der Waals surface area contributed by atoms with Gasteiger partial charge in [-0.15, -0.1) is 0 Å².